The van der Waals surface area contributed by atoms with E-state index in [0.29, 0.717) is 11.4 Å². The van der Waals surface area contributed by atoms with Gasteiger partial charge in [0.1, 0.15) is 0 Å². The minimum atomic E-state index is -0.870. The summed E-state index contributed by atoms with van der Waals surface area (Å²) in [5, 5.41) is 27.5. The van der Waals surface area contributed by atoms with Crippen LogP contribution in [-0.4, -0.2) is 29.8 Å². The van der Waals surface area contributed by atoms with Crippen LogP contribution in [0.4, 0.5) is 0 Å². The molecule has 1 aliphatic heterocycles. The molecular formula is C8H8N4O2. The minimum absolute atomic E-state index is 0.536. The van der Waals surface area contributed by atoms with Gasteiger partial charge in [-0.05, 0) is 12.1 Å². The van der Waals surface area contributed by atoms with Crippen LogP contribution in [0.1, 0.15) is 23.8 Å². The van der Waals surface area contributed by atoms with Crippen molar-refractivity contribution in [3.05, 3.63) is 35.9 Å². The lowest BCUT2D eigenvalue weighted by Crippen LogP contribution is -2.29. The molecule has 2 N–H and O–H groups in total. The van der Waals surface area contributed by atoms with Gasteiger partial charge in [-0.1, -0.05) is 0 Å². The first-order valence-corrected chi connectivity index (χ1v) is 4.22. The highest BCUT2D eigenvalue weighted by Crippen LogP contribution is 2.28. The molecule has 0 aliphatic carbocycles. The molecule has 14 heavy (non-hydrogen) atoms. The number of rotatable bonds is 0. The van der Waals surface area contributed by atoms with Gasteiger partial charge < -0.3 is 10.2 Å². The lowest BCUT2D eigenvalue weighted by atomic mass is 10.2. The number of nitrogens with zero attached hydrogens (tertiary/aromatic N) is 4. The van der Waals surface area contributed by atoms with E-state index in [0.717, 1.165) is 0 Å². The molecule has 0 saturated heterocycles. The molecule has 0 saturated carbocycles. The van der Waals surface area contributed by atoms with Gasteiger partial charge in [-0.25, -0.2) is 9.36 Å². The molecule has 6 nitrogen and oxygen atoms in total. The third-order valence-electron chi connectivity index (χ3n) is 2.39. The molecule has 72 valence electrons. The Kier molecular flexibility index (Phi) is 1.34. The van der Waals surface area contributed by atoms with Crippen LogP contribution in [0.3, 0.4) is 0 Å². The molecule has 2 aromatic rings. The average Bonchev–Trinajstić information content (AvgIpc) is 2.82. The second-order valence-electron chi connectivity index (χ2n) is 3.15. The maximum atomic E-state index is 9.84. The Morgan fingerprint density at radius 2 is 1.36 bits per heavy atom. The number of aliphatic hydroxyl groups is 2. The highest BCUT2D eigenvalue weighted by atomic mass is 16.3. The van der Waals surface area contributed by atoms with E-state index in [9.17, 15) is 10.2 Å². The normalized spacial score (nSPS) is 24.4. The summed E-state index contributed by atoms with van der Waals surface area (Å²) in [5.41, 5.74) is 1.07. The lowest BCUT2D eigenvalue weighted by Gasteiger charge is -2.25. The zero-order valence-electron chi connectivity index (χ0n) is 7.15. The first-order valence-electron chi connectivity index (χ1n) is 4.22. The maximum absolute atomic E-state index is 9.84. The second kappa shape index (κ2) is 2.43. The molecule has 6 heteroatoms. The first-order chi connectivity index (χ1) is 6.79. The van der Waals surface area contributed by atoms with Crippen LogP contribution >= 0.6 is 0 Å². The van der Waals surface area contributed by atoms with Crippen LogP contribution in [0, 0.1) is 0 Å². The van der Waals surface area contributed by atoms with E-state index < -0.39 is 12.5 Å². The fourth-order valence-corrected chi connectivity index (χ4v) is 1.72. The minimum Gasteiger partial charge on any atom is -0.367 e. The van der Waals surface area contributed by atoms with Gasteiger partial charge in [-0.3, -0.25) is 0 Å². The van der Waals surface area contributed by atoms with E-state index in [-0.39, 0.29) is 0 Å². The molecule has 0 radical (unpaired) electrons. The van der Waals surface area contributed by atoms with Crippen LogP contribution in [0.15, 0.2) is 24.5 Å². The number of aromatic nitrogens is 4. The molecule has 1 aliphatic rings. The van der Waals surface area contributed by atoms with Crippen molar-refractivity contribution in [2.45, 2.75) is 12.5 Å². The van der Waals surface area contributed by atoms with Crippen LogP contribution in [-0.2, 0) is 0 Å². The topological polar surface area (TPSA) is 76.1 Å². The summed E-state index contributed by atoms with van der Waals surface area (Å²) in [7, 11) is 0. The van der Waals surface area contributed by atoms with Gasteiger partial charge in [-0.15, -0.1) is 0 Å². The van der Waals surface area contributed by atoms with Gasteiger partial charge >= 0.3 is 0 Å². The Labute approximate surface area is 79.0 Å². The van der Waals surface area contributed by atoms with Crippen molar-refractivity contribution < 1.29 is 10.2 Å². The quantitative estimate of drug-likeness (QED) is 0.588. The van der Waals surface area contributed by atoms with Crippen molar-refractivity contribution >= 4 is 0 Å². The van der Waals surface area contributed by atoms with Crippen LogP contribution < -0.4 is 0 Å². The Hall–Kier alpha value is -1.66. The number of hydrogen-bond donors (Lipinski definition) is 2. The number of aliphatic hydroxyl groups excluding tert-OH is 2. The van der Waals surface area contributed by atoms with Gasteiger partial charge in [0.05, 0.1) is 11.4 Å². The van der Waals surface area contributed by atoms with Crippen LogP contribution in [0.2, 0.25) is 0 Å². The van der Waals surface area contributed by atoms with Gasteiger partial charge in [0.2, 0.25) is 0 Å². The summed E-state index contributed by atoms with van der Waals surface area (Å²) in [6.07, 6.45) is 1.33. The highest BCUT2D eigenvalue weighted by molar-refractivity contribution is 5.17. The summed E-state index contributed by atoms with van der Waals surface area (Å²) in [4.78, 5) is 0. The Bertz CT molecular complexity index is 394. The molecule has 0 amide bonds. The molecule has 0 unspecified atom stereocenters. The Morgan fingerprint density at radius 1 is 0.929 bits per heavy atom. The molecule has 0 spiro atoms. The van der Waals surface area contributed by atoms with Gasteiger partial charge in [0.15, 0.2) is 12.5 Å². The largest absolute Gasteiger partial charge is 0.367 e. The SMILES string of the molecule is O[C@@H]1c2ccnn2[C@H](O)c2ccnn21. The highest BCUT2D eigenvalue weighted by Gasteiger charge is 2.30. The van der Waals surface area contributed by atoms with E-state index in [4.69, 9.17) is 0 Å². The molecular weight excluding hydrogens is 184 g/mol. The van der Waals surface area contributed by atoms with Crippen molar-refractivity contribution in [3.63, 3.8) is 0 Å². The molecule has 3 heterocycles. The summed E-state index contributed by atoms with van der Waals surface area (Å²) >= 11 is 0. The van der Waals surface area contributed by atoms with E-state index in [2.05, 4.69) is 10.2 Å². The fourth-order valence-electron chi connectivity index (χ4n) is 1.72. The zero-order chi connectivity index (χ0) is 9.71. The Balaban J connectivity index is 2.26. The summed E-state index contributed by atoms with van der Waals surface area (Å²) in [6, 6.07) is 3.30. The maximum Gasteiger partial charge on any atom is 0.190 e. The number of hydrogen-bond acceptors (Lipinski definition) is 4. The van der Waals surface area contributed by atoms with E-state index >= 15 is 0 Å². The first kappa shape index (κ1) is 7.72. The summed E-state index contributed by atoms with van der Waals surface area (Å²) < 4.78 is 2.75. The smallest absolute Gasteiger partial charge is 0.190 e. The van der Waals surface area contributed by atoms with Crippen molar-refractivity contribution in [2.75, 3.05) is 0 Å². The molecule has 2 aromatic heterocycles. The average molecular weight is 192 g/mol. The van der Waals surface area contributed by atoms with E-state index in [1.54, 1.807) is 12.1 Å². The zero-order valence-corrected chi connectivity index (χ0v) is 7.15. The molecule has 0 aromatic carbocycles. The van der Waals surface area contributed by atoms with Crippen molar-refractivity contribution in [1.29, 1.82) is 0 Å². The van der Waals surface area contributed by atoms with Crippen molar-refractivity contribution in [3.8, 4) is 0 Å². The summed E-state index contributed by atoms with van der Waals surface area (Å²) in [5.74, 6) is 0. The third kappa shape index (κ3) is 0.765. The fraction of sp³-hybridized carbons (Fsp3) is 0.250. The predicted molar refractivity (Wildman–Crippen MR) is 45.2 cm³/mol. The van der Waals surface area contributed by atoms with Crippen molar-refractivity contribution in [1.82, 2.24) is 19.6 Å². The Morgan fingerprint density at radius 3 is 1.79 bits per heavy atom. The van der Waals surface area contributed by atoms with Gasteiger partial charge in [0.25, 0.3) is 0 Å². The van der Waals surface area contributed by atoms with E-state index in [1.165, 1.54) is 21.8 Å². The molecule has 2 atom stereocenters. The summed E-state index contributed by atoms with van der Waals surface area (Å²) in [6.45, 7) is 0. The van der Waals surface area contributed by atoms with Crippen molar-refractivity contribution in [2.24, 2.45) is 0 Å². The van der Waals surface area contributed by atoms with Crippen LogP contribution in [0.25, 0.3) is 0 Å². The monoisotopic (exact) mass is 192 g/mol. The predicted octanol–water partition coefficient (Wildman–Crippen LogP) is -0.529. The number of fused-ring (bicyclic) bond motifs is 2. The van der Waals surface area contributed by atoms with Gasteiger partial charge in [-0.2, -0.15) is 10.2 Å². The third-order valence-corrected chi connectivity index (χ3v) is 2.39. The van der Waals surface area contributed by atoms with E-state index in [1.807, 2.05) is 0 Å². The molecule has 0 fully saturated rings. The van der Waals surface area contributed by atoms with Crippen LogP contribution in [0.5, 0.6) is 0 Å². The lowest BCUT2D eigenvalue weighted by molar-refractivity contribution is 0.0426. The molecule has 0 bridgehead atoms. The molecule has 3 rings (SSSR count). The van der Waals surface area contributed by atoms with Gasteiger partial charge in [0, 0.05) is 12.4 Å². The second-order valence-corrected chi connectivity index (χ2v) is 3.15. The standard InChI is InChI=1S/C8H8N4O2/c13-7-5-1-3-9-11(5)8(14)6-2-4-10-12(6)7/h1-4,7-8,13-14H/t7-,8-/m1/s1.